The van der Waals surface area contributed by atoms with Gasteiger partial charge < -0.3 is 14.8 Å². The van der Waals surface area contributed by atoms with Crippen molar-refractivity contribution in [3.63, 3.8) is 0 Å². The normalized spacial score (nSPS) is 10.2. The van der Waals surface area contributed by atoms with Crippen molar-refractivity contribution in [1.29, 1.82) is 0 Å². The van der Waals surface area contributed by atoms with Gasteiger partial charge in [-0.25, -0.2) is 0 Å². The van der Waals surface area contributed by atoms with E-state index in [9.17, 15) is 9.59 Å². The lowest BCUT2D eigenvalue weighted by atomic mass is 10.2. The molecule has 0 saturated carbocycles. The molecule has 1 aromatic carbocycles. The van der Waals surface area contributed by atoms with Gasteiger partial charge in [-0.2, -0.15) is 0 Å². The van der Waals surface area contributed by atoms with E-state index in [1.807, 2.05) is 0 Å². The largest absolute Gasteiger partial charge is 0.497 e. The van der Waals surface area contributed by atoms with Crippen LogP contribution in [0.3, 0.4) is 0 Å². The van der Waals surface area contributed by atoms with E-state index < -0.39 is 0 Å². The molecule has 1 rings (SSSR count). The SMILES string of the molecule is CCCCCCCOC(=O)CCNC(=O)c1ccc(OC)cc1. The predicted molar refractivity (Wildman–Crippen MR) is 89.7 cm³/mol. The molecule has 5 nitrogen and oxygen atoms in total. The first kappa shape index (κ1) is 19.0. The van der Waals surface area contributed by atoms with E-state index in [4.69, 9.17) is 9.47 Å². The van der Waals surface area contributed by atoms with Crippen LogP contribution in [0.25, 0.3) is 0 Å². The highest BCUT2D eigenvalue weighted by atomic mass is 16.5. The molecule has 1 amide bonds. The molecule has 0 bridgehead atoms. The molecule has 0 spiro atoms. The minimum Gasteiger partial charge on any atom is -0.497 e. The molecule has 1 N–H and O–H groups in total. The second-order valence-corrected chi connectivity index (χ2v) is 5.37. The van der Waals surface area contributed by atoms with Crippen LogP contribution >= 0.6 is 0 Å². The summed E-state index contributed by atoms with van der Waals surface area (Å²) >= 11 is 0. The van der Waals surface area contributed by atoms with E-state index in [0.717, 1.165) is 12.8 Å². The molecule has 5 heteroatoms. The summed E-state index contributed by atoms with van der Waals surface area (Å²) in [6, 6.07) is 6.81. The summed E-state index contributed by atoms with van der Waals surface area (Å²) in [6.45, 7) is 2.91. The Morgan fingerprint density at radius 2 is 1.74 bits per heavy atom. The number of amides is 1. The number of unbranched alkanes of at least 4 members (excludes halogenated alkanes) is 4. The topological polar surface area (TPSA) is 64.6 Å². The summed E-state index contributed by atoms with van der Waals surface area (Å²) in [5, 5.41) is 2.71. The van der Waals surface area contributed by atoms with Gasteiger partial charge in [0.15, 0.2) is 0 Å². The number of methoxy groups -OCH3 is 1. The van der Waals surface area contributed by atoms with Crippen LogP contribution in [0.15, 0.2) is 24.3 Å². The Labute approximate surface area is 138 Å². The van der Waals surface area contributed by atoms with Gasteiger partial charge in [-0.15, -0.1) is 0 Å². The maximum atomic E-state index is 11.9. The van der Waals surface area contributed by atoms with Crippen LogP contribution in [0.5, 0.6) is 5.75 Å². The summed E-state index contributed by atoms with van der Waals surface area (Å²) in [6.07, 6.45) is 5.81. The van der Waals surface area contributed by atoms with Crippen LogP contribution in [-0.2, 0) is 9.53 Å². The lowest BCUT2D eigenvalue weighted by Crippen LogP contribution is -2.26. The summed E-state index contributed by atoms with van der Waals surface area (Å²) in [5.41, 5.74) is 0.537. The maximum absolute atomic E-state index is 11.9. The van der Waals surface area contributed by atoms with Crippen LogP contribution in [0, 0.1) is 0 Å². The molecule has 0 heterocycles. The highest BCUT2D eigenvalue weighted by molar-refractivity contribution is 5.94. The Morgan fingerprint density at radius 1 is 1.04 bits per heavy atom. The first-order valence-corrected chi connectivity index (χ1v) is 8.25. The van der Waals surface area contributed by atoms with Crippen molar-refractivity contribution in [3.05, 3.63) is 29.8 Å². The molecule has 0 aliphatic carbocycles. The van der Waals surface area contributed by atoms with E-state index in [1.165, 1.54) is 19.3 Å². The predicted octanol–water partition coefficient (Wildman–Crippen LogP) is 3.33. The molecule has 0 aliphatic heterocycles. The molecule has 0 radical (unpaired) electrons. The maximum Gasteiger partial charge on any atom is 0.307 e. The molecule has 1 aromatic rings. The van der Waals surface area contributed by atoms with Gasteiger partial charge in [0.05, 0.1) is 20.1 Å². The molecule has 0 atom stereocenters. The van der Waals surface area contributed by atoms with Gasteiger partial charge in [0, 0.05) is 12.1 Å². The minimum absolute atomic E-state index is 0.191. The molecule has 0 aromatic heterocycles. The van der Waals surface area contributed by atoms with Crippen LogP contribution in [-0.4, -0.2) is 32.1 Å². The summed E-state index contributed by atoms with van der Waals surface area (Å²) in [5.74, 6) is 0.222. The Kier molecular flexibility index (Phi) is 9.52. The monoisotopic (exact) mass is 321 g/mol. The van der Waals surface area contributed by atoms with Crippen LogP contribution < -0.4 is 10.1 Å². The van der Waals surface area contributed by atoms with E-state index in [2.05, 4.69) is 12.2 Å². The van der Waals surface area contributed by atoms with E-state index in [-0.39, 0.29) is 24.8 Å². The third-order valence-corrected chi connectivity index (χ3v) is 3.48. The summed E-state index contributed by atoms with van der Waals surface area (Å²) < 4.78 is 10.2. The third kappa shape index (κ3) is 8.24. The van der Waals surface area contributed by atoms with Gasteiger partial charge in [0.2, 0.25) is 0 Å². The second-order valence-electron chi connectivity index (χ2n) is 5.37. The zero-order valence-corrected chi connectivity index (χ0v) is 14.1. The number of carbonyl (C=O) groups is 2. The zero-order chi connectivity index (χ0) is 16.9. The number of benzene rings is 1. The summed E-state index contributed by atoms with van der Waals surface area (Å²) in [7, 11) is 1.57. The number of hydrogen-bond donors (Lipinski definition) is 1. The number of rotatable bonds is 11. The lowest BCUT2D eigenvalue weighted by Gasteiger charge is -2.07. The molecular formula is C18H27NO4. The van der Waals surface area contributed by atoms with Gasteiger partial charge >= 0.3 is 5.97 Å². The number of ether oxygens (including phenoxy) is 2. The zero-order valence-electron chi connectivity index (χ0n) is 14.1. The van der Waals surface area contributed by atoms with Crippen LogP contribution in [0.4, 0.5) is 0 Å². The third-order valence-electron chi connectivity index (χ3n) is 3.48. The highest BCUT2D eigenvalue weighted by Crippen LogP contribution is 2.11. The second kappa shape index (κ2) is 11.5. The quantitative estimate of drug-likeness (QED) is 0.501. The van der Waals surface area contributed by atoms with Crippen LogP contribution in [0.1, 0.15) is 55.8 Å². The fourth-order valence-electron chi connectivity index (χ4n) is 2.09. The average molecular weight is 321 g/mol. The average Bonchev–Trinajstić information content (AvgIpc) is 2.58. The van der Waals surface area contributed by atoms with Crippen molar-refractivity contribution in [2.45, 2.75) is 45.4 Å². The lowest BCUT2D eigenvalue weighted by molar-refractivity contribution is -0.143. The van der Waals surface area contributed by atoms with Crippen molar-refractivity contribution in [2.24, 2.45) is 0 Å². The molecule has 23 heavy (non-hydrogen) atoms. The van der Waals surface area contributed by atoms with Crippen molar-refractivity contribution in [2.75, 3.05) is 20.3 Å². The van der Waals surface area contributed by atoms with Crippen molar-refractivity contribution >= 4 is 11.9 Å². The van der Waals surface area contributed by atoms with Crippen molar-refractivity contribution < 1.29 is 19.1 Å². The minimum atomic E-state index is -0.268. The Bertz CT molecular complexity index is 470. The van der Waals surface area contributed by atoms with Crippen molar-refractivity contribution in [3.8, 4) is 5.75 Å². The Balaban J connectivity index is 2.12. The fourth-order valence-corrected chi connectivity index (χ4v) is 2.09. The smallest absolute Gasteiger partial charge is 0.307 e. The number of esters is 1. The highest BCUT2D eigenvalue weighted by Gasteiger charge is 2.07. The number of carbonyl (C=O) groups excluding carboxylic acids is 2. The van der Waals surface area contributed by atoms with E-state index >= 15 is 0 Å². The van der Waals surface area contributed by atoms with Crippen molar-refractivity contribution in [1.82, 2.24) is 5.32 Å². The molecule has 0 aliphatic rings. The van der Waals surface area contributed by atoms with Gasteiger partial charge in [-0.1, -0.05) is 32.6 Å². The summed E-state index contributed by atoms with van der Waals surface area (Å²) in [4.78, 5) is 23.4. The van der Waals surface area contributed by atoms with Gasteiger partial charge in [-0.3, -0.25) is 9.59 Å². The molecular weight excluding hydrogens is 294 g/mol. The molecule has 128 valence electrons. The number of hydrogen-bond acceptors (Lipinski definition) is 4. The molecule has 0 unspecified atom stereocenters. The van der Waals surface area contributed by atoms with Crippen LogP contribution in [0.2, 0.25) is 0 Å². The van der Waals surface area contributed by atoms with E-state index in [1.54, 1.807) is 31.4 Å². The molecule has 0 saturated heterocycles. The molecule has 0 fully saturated rings. The fraction of sp³-hybridized carbons (Fsp3) is 0.556. The number of nitrogens with one attached hydrogen (secondary N) is 1. The Morgan fingerprint density at radius 3 is 2.39 bits per heavy atom. The first-order valence-electron chi connectivity index (χ1n) is 8.25. The van der Waals surface area contributed by atoms with E-state index in [0.29, 0.717) is 17.9 Å². The first-order chi connectivity index (χ1) is 11.2. The standard InChI is InChI=1S/C18H27NO4/c1-3-4-5-6-7-14-23-17(20)12-13-19-18(21)15-8-10-16(22-2)11-9-15/h8-11H,3-7,12-14H2,1-2H3,(H,19,21). The van der Waals surface area contributed by atoms with Gasteiger partial charge in [0.25, 0.3) is 5.91 Å². The Hall–Kier alpha value is -2.04. The van der Waals surface area contributed by atoms with Gasteiger partial charge in [-0.05, 0) is 30.7 Å². The van der Waals surface area contributed by atoms with Gasteiger partial charge in [0.1, 0.15) is 5.75 Å².